The first-order valence-corrected chi connectivity index (χ1v) is 5.23. The van der Waals surface area contributed by atoms with Gasteiger partial charge in [-0.25, -0.2) is 4.68 Å². The molecule has 0 atom stereocenters. The Labute approximate surface area is 102 Å². The Balaban J connectivity index is 2.00. The zero-order valence-electron chi connectivity index (χ0n) is 9.19. The van der Waals surface area contributed by atoms with Gasteiger partial charge >= 0.3 is 0 Å². The van der Waals surface area contributed by atoms with E-state index in [4.69, 9.17) is 0 Å². The lowest BCUT2D eigenvalue weighted by Gasteiger charge is -1.95. The molecule has 0 fully saturated rings. The molecule has 6 nitrogen and oxygen atoms in total. The van der Waals surface area contributed by atoms with E-state index in [0.29, 0.717) is 11.1 Å². The van der Waals surface area contributed by atoms with Gasteiger partial charge in [0.25, 0.3) is 0 Å². The van der Waals surface area contributed by atoms with Gasteiger partial charge in [0.15, 0.2) is 5.78 Å². The maximum Gasteiger partial charge on any atom is 0.199 e. The van der Waals surface area contributed by atoms with Gasteiger partial charge in [-0.2, -0.15) is 5.10 Å². The van der Waals surface area contributed by atoms with Gasteiger partial charge in [0.2, 0.25) is 0 Å². The fourth-order valence-electron chi connectivity index (χ4n) is 1.78. The predicted molar refractivity (Wildman–Crippen MR) is 64.2 cm³/mol. The van der Waals surface area contributed by atoms with Crippen LogP contribution in [-0.4, -0.2) is 32.0 Å². The van der Waals surface area contributed by atoms with Crippen molar-refractivity contribution in [1.82, 2.24) is 14.9 Å². The molecule has 1 aromatic heterocycles. The van der Waals surface area contributed by atoms with E-state index in [-0.39, 0.29) is 17.1 Å². The third kappa shape index (κ3) is 1.51. The second kappa shape index (κ2) is 3.92. The number of benzene rings is 1. The van der Waals surface area contributed by atoms with E-state index in [2.05, 4.69) is 15.3 Å². The lowest BCUT2D eigenvalue weighted by molar-refractivity contribution is 0.104. The van der Waals surface area contributed by atoms with Crippen LogP contribution < -0.4 is 0 Å². The molecule has 2 aromatic rings. The van der Waals surface area contributed by atoms with Gasteiger partial charge in [-0.1, -0.05) is 24.3 Å². The van der Waals surface area contributed by atoms with E-state index >= 15 is 0 Å². The molecule has 0 saturated heterocycles. The first kappa shape index (κ1) is 10.4. The molecular weight excluding hydrogens is 232 g/mol. The van der Waals surface area contributed by atoms with Crippen molar-refractivity contribution in [3.8, 4) is 0 Å². The summed E-state index contributed by atoms with van der Waals surface area (Å²) in [5, 5.41) is 21.1. The van der Waals surface area contributed by atoms with Crippen molar-refractivity contribution in [2.75, 3.05) is 0 Å². The second-order valence-corrected chi connectivity index (χ2v) is 3.72. The molecule has 0 amide bonds. The number of allylic oxidation sites excluding steroid dienone is 1. The molecule has 0 aliphatic heterocycles. The summed E-state index contributed by atoms with van der Waals surface area (Å²) in [5.74, 6) is -0.285. The number of nitrogens with zero attached hydrogens (tertiary/aromatic N) is 4. The van der Waals surface area contributed by atoms with Gasteiger partial charge in [-0.15, -0.1) is 10.2 Å². The molecule has 0 unspecified atom stereocenters. The van der Waals surface area contributed by atoms with Gasteiger partial charge in [-0.3, -0.25) is 4.79 Å². The van der Waals surface area contributed by atoms with Crippen LogP contribution in [0.5, 0.6) is 0 Å². The van der Waals surface area contributed by atoms with Gasteiger partial charge in [0.05, 0.1) is 11.8 Å². The quantitative estimate of drug-likeness (QED) is 0.802. The van der Waals surface area contributed by atoms with Crippen LogP contribution in [0, 0.1) is 0 Å². The summed E-state index contributed by atoms with van der Waals surface area (Å²) in [4.78, 5) is 12.0. The van der Waals surface area contributed by atoms with Crippen molar-refractivity contribution in [2.45, 2.75) is 0 Å². The maximum atomic E-state index is 12.0. The Morgan fingerprint density at radius 1 is 1.17 bits per heavy atom. The molecule has 1 aliphatic rings. The number of Topliss-reactive ketones (excluding diaryl/α,β-unsaturated/α-hetero) is 1. The minimum absolute atomic E-state index is 0.0487. The second-order valence-electron chi connectivity index (χ2n) is 3.72. The van der Waals surface area contributed by atoms with Gasteiger partial charge in [-0.05, 0) is 0 Å². The number of carbonyl (C=O) groups excluding carboxylic acids is 1. The van der Waals surface area contributed by atoms with Crippen molar-refractivity contribution in [2.24, 2.45) is 5.10 Å². The van der Waals surface area contributed by atoms with E-state index in [1.807, 2.05) is 0 Å². The maximum absolute atomic E-state index is 12.0. The monoisotopic (exact) mass is 240 g/mol. The average molecular weight is 240 g/mol. The molecule has 1 N–H and O–H groups in total. The molecule has 1 aromatic carbocycles. The van der Waals surface area contributed by atoms with Crippen molar-refractivity contribution >= 4 is 17.8 Å². The number of aliphatic hydroxyl groups excluding tert-OH is 1. The average Bonchev–Trinajstić information content (AvgIpc) is 2.98. The molecule has 0 bridgehead atoms. The number of hydrogen-bond donors (Lipinski definition) is 1. The van der Waals surface area contributed by atoms with Gasteiger partial charge < -0.3 is 5.11 Å². The number of aliphatic hydroxyl groups is 1. The number of hydrogen-bond acceptors (Lipinski definition) is 5. The van der Waals surface area contributed by atoms with E-state index < -0.39 is 0 Å². The molecule has 0 saturated carbocycles. The Kier molecular flexibility index (Phi) is 2.26. The van der Waals surface area contributed by atoms with Crippen LogP contribution in [0.3, 0.4) is 0 Å². The number of aromatic nitrogens is 3. The predicted octanol–water partition coefficient (Wildman–Crippen LogP) is 1.28. The summed E-state index contributed by atoms with van der Waals surface area (Å²) >= 11 is 0. The molecule has 3 rings (SSSR count). The van der Waals surface area contributed by atoms with Crippen molar-refractivity contribution < 1.29 is 9.90 Å². The third-order valence-corrected chi connectivity index (χ3v) is 2.65. The molecule has 0 spiro atoms. The van der Waals surface area contributed by atoms with Crippen LogP contribution in [0.2, 0.25) is 0 Å². The molecule has 88 valence electrons. The normalized spacial score (nSPS) is 14.6. The zero-order chi connectivity index (χ0) is 12.5. The zero-order valence-corrected chi connectivity index (χ0v) is 9.19. The summed E-state index contributed by atoms with van der Waals surface area (Å²) in [6.07, 6.45) is 4.09. The smallest absolute Gasteiger partial charge is 0.199 e. The fraction of sp³-hybridized carbons (Fsp3) is 0. The first-order valence-electron chi connectivity index (χ1n) is 5.23. The molecule has 18 heavy (non-hydrogen) atoms. The highest BCUT2D eigenvalue weighted by molar-refractivity contribution is 6.30. The minimum atomic E-state index is -0.236. The van der Waals surface area contributed by atoms with Crippen molar-refractivity contribution in [1.29, 1.82) is 0 Å². The minimum Gasteiger partial charge on any atom is -0.506 e. The fourth-order valence-corrected chi connectivity index (χ4v) is 1.78. The largest absolute Gasteiger partial charge is 0.506 e. The highest BCUT2D eigenvalue weighted by atomic mass is 16.3. The lowest BCUT2D eigenvalue weighted by atomic mass is 10.1. The van der Waals surface area contributed by atoms with Crippen LogP contribution in [0.1, 0.15) is 15.9 Å². The van der Waals surface area contributed by atoms with E-state index in [1.165, 1.54) is 23.5 Å². The van der Waals surface area contributed by atoms with Gasteiger partial charge in [0.1, 0.15) is 18.4 Å². The summed E-state index contributed by atoms with van der Waals surface area (Å²) in [5.41, 5.74) is 1.19. The van der Waals surface area contributed by atoms with E-state index in [9.17, 15) is 9.90 Å². The Bertz CT molecular complexity index is 671. The van der Waals surface area contributed by atoms with Crippen molar-refractivity contribution in [3.05, 3.63) is 53.6 Å². The lowest BCUT2D eigenvalue weighted by Crippen LogP contribution is -2.00. The number of rotatable bonds is 2. The third-order valence-electron chi connectivity index (χ3n) is 2.65. The SMILES string of the molecule is O=C1C(/C=N/n2cnnc2)=C(O)c2ccccc21. The summed E-state index contributed by atoms with van der Waals surface area (Å²) in [6, 6.07) is 6.89. The van der Waals surface area contributed by atoms with E-state index in [0.717, 1.165) is 0 Å². The highest BCUT2D eigenvalue weighted by Gasteiger charge is 2.27. The van der Waals surface area contributed by atoms with Crippen LogP contribution in [-0.2, 0) is 0 Å². The summed E-state index contributed by atoms with van der Waals surface area (Å²) in [7, 11) is 0. The van der Waals surface area contributed by atoms with Crippen LogP contribution in [0.4, 0.5) is 0 Å². The Hall–Kier alpha value is -2.76. The Morgan fingerprint density at radius 3 is 2.50 bits per heavy atom. The standard InChI is InChI=1S/C12H8N4O2/c17-11-8-3-1-2-4-9(8)12(18)10(11)5-15-16-6-13-14-7-16/h1-7,17H/b15-5+. The van der Waals surface area contributed by atoms with Crippen molar-refractivity contribution in [3.63, 3.8) is 0 Å². The topological polar surface area (TPSA) is 80.4 Å². The summed E-state index contributed by atoms with van der Waals surface area (Å²) < 4.78 is 1.34. The molecule has 6 heteroatoms. The number of ketones is 1. The molecule has 0 radical (unpaired) electrons. The number of carbonyl (C=O) groups is 1. The Morgan fingerprint density at radius 2 is 1.83 bits per heavy atom. The summed E-state index contributed by atoms with van der Waals surface area (Å²) in [6.45, 7) is 0. The van der Waals surface area contributed by atoms with Gasteiger partial charge in [0, 0.05) is 11.1 Å². The molecular formula is C12H8N4O2. The van der Waals surface area contributed by atoms with Crippen LogP contribution >= 0.6 is 0 Å². The molecule has 1 heterocycles. The molecule has 1 aliphatic carbocycles. The highest BCUT2D eigenvalue weighted by Crippen LogP contribution is 2.29. The van der Waals surface area contributed by atoms with Crippen LogP contribution in [0.25, 0.3) is 5.76 Å². The first-order chi connectivity index (χ1) is 8.77. The van der Waals surface area contributed by atoms with E-state index in [1.54, 1.807) is 24.3 Å². The van der Waals surface area contributed by atoms with Crippen LogP contribution in [0.15, 0.2) is 47.6 Å². The number of fused-ring (bicyclic) bond motifs is 1.